The van der Waals surface area contributed by atoms with Gasteiger partial charge in [0, 0.05) is 6.04 Å². The van der Waals surface area contributed by atoms with Crippen LogP contribution in [0.2, 0.25) is 0 Å². The van der Waals surface area contributed by atoms with E-state index in [9.17, 15) is 0 Å². The quantitative estimate of drug-likeness (QED) is 0.247. The molecule has 1 atom stereocenters. The Labute approximate surface area is 134 Å². The van der Waals surface area contributed by atoms with Crippen molar-refractivity contribution in [1.29, 1.82) is 0 Å². The molecule has 0 spiro atoms. The molecule has 2 N–H and O–H groups in total. The Kier molecular flexibility index (Phi) is 17.5. The highest BCUT2D eigenvalue weighted by molar-refractivity contribution is 4.83. The van der Waals surface area contributed by atoms with Crippen molar-refractivity contribution in [2.45, 2.75) is 116 Å². The van der Waals surface area contributed by atoms with Gasteiger partial charge in [0.2, 0.25) is 0 Å². The van der Waals surface area contributed by atoms with Crippen LogP contribution in [0.25, 0.3) is 0 Å². The van der Waals surface area contributed by atoms with Crippen LogP contribution in [0.1, 0.15) is 110 Å². The van der Waals surface area contributed by atoms with E-state index < -0.39 is 0 Å². The lowest BCUT2D eigenvalue weighted by atomic mass is 10.0. The Balaban J connectivity index is 3.01. The molecule has 0 saturated heterocycles. The molecule has 0 aromatic heterocycles. The Morgan fingerprint density at radius 2 is 1.10 bits per heavy atom. The molecule has 0 aliphatic heterocycles. The van der Waals surface area contributed by atoms with Gasteiger partial charge in [-0.15, -0.1) is 0 Å². The largest absolute Gasteiger partial charge is 0.328 e. The molecule has 0 aromatic carbocycles. The molecule has 126 valence electrons. The number of hydrogen-bond donors (Lipinski definition) is 1. The molecule has 0 aromatic rings. The van der Waals surface area contributed by atoms with Crippen LogP contribution in [-0.2, 0) is 0 Å². The minimum atomic E-state index is 0.313. The summed E-state index contributed by atoms with van der Waals surface area (Å²) in [6, 6.07) is 0.313. The van der Waals surface area contributed by atoms with E-state index in [2.05, 4.69) is 26.0 Å². The summed E-state index contributed by atoms with van der Waals surface area (Å²) in [4.78, 5) is 0. The maximum atomic E-state index is 5.70. The van der Waals surface area contributed by atoms with Crippen molar-refractivity contribution in [3.63, 3.8) is 0 Å². The predicted molar refractivity (Wildman–Crippen MR) is 97.7 cm³/mol. The van der Waals surface area contributed by atoms with E-state index in [1.54, 1.807) is 0 Å². The molecule has 0 amide bonds. The van der Waals surface area contributed by atoms with Gasteiger partial charge in [0.25, 0.3) is 0 Å². The summed E-state index contributed by atoms with van der Waals surface area (Å²) >= 11 is 0. The maximum Gasteiger partial charge on any atom is 0.00449 e. The average Bonchev–Trinajstić information content (AvgIpc) is 2.46. The molecule has 0 aliphatic carbocycles. The summed E-state index contributed by atoms with van der Waals surface area (Å²) in [6.45, 7) is 4.35. The first-order valence-corrected chi connectivity index (χ1v) is 9.68. The van der Waals surface area contributed by atoms with Gasteiger partial charge in [0.1, 0.15) is 0 Å². The first kappa shape index (κ1) is 20.7. The second kappa shape index (κ2) is 17.8. The minimum Gasteiger partial charge on any atom is -0.328 e. The van der Waals surface area contributed by atoms with Gasteiger partial charge >= 0.3 is 0 Å². The molecule has 0 bridgehead atoms. The van der Waals surface area contributed by atoms with Gasteiger partial charge in [0.05, 0.1) is 0 Å². The molecule has 1 nitrogen and oxygen atoms in total. The first-order valence-electron chi connectivity index (χ1n) is 9.68. The van der Waals surface area contributed by atoms with E-state index in [1.807, 2.05) is 0 Å². The minimum absolute atomic E-state index is 0.313. The van der Waals surface area contributed by atoms with Gasteiger partial charge in [-0.2, -0.15) is 0 Å². The summed E-state index contributed by atoms with van der Waals surface area (Å²) in [7, 11) is 0. The highest BCUT2D eigenvalue weighted by atomic mass is 14.6. The third kappa shape index (κ3) is 19.7. The number of unbranched alkanes of at least 4 members (excludes halogenated alkanes) is 13. The van der Waals surface area contributed by atoms with E-state index >= 15 is 0 Å². The fourth-order valence-corrected chi connectivity index (χ4v) is 2.71. The van der Waals surface area contributed by atoms with Crippen LogP contribution in [0.5, 0.6) is 0 Å². The summed E-state index contributed by atoms with van der Waals surface area (Å²) in [5.74, 6) is 0. The predicted octanol–water partition coefficient (Wildman–Crippen LogP) is 6.76. The molecule has 0 rings (SSSR count). The summed E-state index contributed by atoms with van der Waals surface area (Å²) < 4.78 is 0. The van der Waals surface area contributed by atoms with Crippen molar-refractivity contribution in [3.8, 4) is 0 Å². The third-order valence-corrected chi connectivity index (χ3v) is 4.15. The van der Waals surface area contributed by atoms with Crippen molar-refractivity contribution < 1.29 is 0 Å². The Morgan fingerprint density at radius 1 is 0.667 bits per heavy atom. The number of allylic oxidation sites excluding steroid dienone is 1. The zero-order chi connectivity index (χ0) is 15.6. The van der Waals surface area contributed by atoms with Crippen LogP contribution in [-0.4, -0.2) is 6.04 Å². The molecule has 1 unspecified atom stereocenters. The van der Waals surface area contributed by atoms with E-state index in [-0.39, 0.29) is 0 Å². The van der Waals surface area contributed by atoms with Gasteiger partial charge in [-0.25, -0.2) is 0 Å². The molecular formula is C20H41N. The fraction of sp³-hybridized carbons (Fsp3) is 0.900. The summed E-state index contributed by atoms with van der Waals surface area (Å²) in [6.07, 6.45) is 25.5. The van der Waals surface area contributed by atoms with E-state index in [1.165, 1.54) is 89.9 Å². The molecule has 0 aliphatic rings. The zero-order valence-corrected chi connectivity index (χ0v) is 14.9. The van der Waals surface area contributed by atoms with Crippen molar-refractivity contribution in [2.75, 3.05) is 0 Å². The van der Waals surface area contributed by atoms with Crippen molar-refractivity contribution in [2.24, 2.45) is 5.73 Å². The van der Waals surface area contributed by atoms with Crippen LogP contribution in [0, 0.1) is 0 Å². The highest BCUT2D eigenvalue weighted by Gasteiger charge is 1.93. The van der Waals surface area contributed by atoms with Gasteiger partial charge < -0.3 is 5.73 Å². The van der Waals surface area contributed by atoms with Crippen LogP contribution < -0.4 is 5.73 Å². The third-order valence-electron chi connectivity index (χ3n) is 4.15. The number of nitrogens with two attached hydrogens (primary N) is 1. The monoisotopic (exact) mass is 295 g/mol. The first-order chi connectivity index (χ1) is 10.3. The molecular weight excluding hydrogens is 254 g/mol. The lowest BCUT2D eigenvalue weighted by Gasteiger charge is -2.02. The SMILES string of the molecule is CCCCCCCCCCCCCCC/C=C/CC(C)N. The smallest absolute Gasteiger partial charge is 0.00449 e. The molecule has 0 heterocycles. The van der Waals surface area contributed by atoms with Gasteiger partial charge in [-0.05, 0) is 26.2 Å². The van der Waals surface area contributed by atoms with E-state index in [0.29, 0.717) is 6.04 Å². The highest BCUT2D eigenvalue weighted by Crippen LogP contribution is 2.13. The number of rotatable bonds is 16. The summed E-state index contributed by atoms with van der Waals surface area (Å²) in [5, 5.41) is 0. The summed E-state index contributed by atoms with van der Waals surface area (Å²) in [5.41, 5.74) is 5.70. The molecule has 0 saturated carbocycles. The molecule has 0 fully saturated rings. The standard InChI is InChI=1S/C20H41N/c1-3-4-5-6-7-8-9-10-11-12-13-14-15-16-17-18-19-20(2)21/h17-18,20H,3-16,19,21H2,1-2H3/b18-17+. The fourth-order valence-electron chi connectivity index (χ4n) is 2.71. The molecule has 1 heteroatoms. The van der Waals surface area contributed by atoms with Crippen LogP contribution in [0.3, 0.4) is 0 Å². The van der Waals surface area contributed by atoms with Crippen molar-refractivity contribution in [1.82, 2.24) is 0 Å². The van der Waals surface area contributed by atoms with Gasteiger partial charge in [-0.1, -0.05) is 96.1 Å². The lowest BCUT2D eigenvalue weighted by molar-refractivity contribution is 0.540. The van der Waals surface area contributed by atoms with E-state index in [4.69, 9.17) is 5.73 Å². The molecule has 0 radical (unpaired) electrons. The Bertz CT molecular complexity index is 208. The zero-order valence-electron chi connectivity index (χ0n) is 14.9. The second-order valence-corrected chi connectivity index (χ2v) is 6.72. The normalized spacial score (nSPS) is 13.1. The van der Waals surface area contributed by atoms with Crippen LogP contribution in [0.15, 0.2) is 12.2 Å². The number of hydrogen-bond acceptors (Lipinski definition) is 1. The van der Waals surface area contributed by atoms with Crippen molar-refractivity contribution in [3.05, 3.63) is 12.2 Å². The van der Waals surface area contributed by atoms with Gasteiger partial charge in [0.15, 0.2) is 0 Å². The van der Waals surface area contributed by atoms with Crippen molar-refractivity contribution >= 4 is 0 Å². The molecule has 21 heavy (non-hydrogen) atoms. The second-order valence-electron chi connectivity index (χ2n) is 6.72. The van der Waals surface area contributed by atoms with Gasteiger partial charge in [-0.3, -0.25) is 0 Å². The average molecular weight is 296 g/mol. The van der Waals surface area contributed by atoms with Crippen LogP contribution >= 0.6 is 0 Å². The maximum absolute atomic E-state index is 5.70. The van der Waals surface area contributed by atoms with Crippen LogP contribution in [0.4, 0.5) is 0 Å². The topological polar surface area (TPSA) is 26.0 Å². The Morgan fingerprint density at radius 3 is 1.52 bits per heavy atom. The van der Waals surface area contributed by atoms with E-state index in [0.717, 1.165) is 6.42 Å². The lowest BCUT2D eigenvalue weighted by Crippen LogP contribution is -2.12. The Hall–Kier alpha value is -0.300.